The Balaban J connectivity index is 1.89. The van der Waals surface area contributed by atoms with Crippen molar-refractivity contribution in [1.82, 2.24) is 4.31 Å². The molecule has 0 bridgehead atoms. The fourth-order valence-electron chi connectivity index (χ4n) is 2.68. The van der Waals surface area contributed by atoms with Gasteiger partial charge in [0, 0.05) is 25.0 Å². The fourth-order valence-corrected chi connectivity index (χ4v) is 6.30. The summed E-state index contributed by atoms with van der Waals surface area (Å²) in [5.74, 6) is -0.0242. The van der Waals surface area contributed by atoms with Crippen molar-refractivity contribution in [3.63, 3.8) is 0 Å². The molecule has 2 aromatic rings. The predicted molar refractivity (Wildman–Crippen MR) is 90.3 cm³/mol. The Hall–Kier alpha value is -0.630. The molecule has 118 valence electrons. The van der Waals surface area contributed by atoms with Crippen LogP contribution in [-0.2, 0) is 10.0 Å². The minimum Gasteiger partial charge on any atom is -0.326 e. The summed E-state index contributed by atoms with van der Waals surface area (Å²) in [6.07, 6.45) is 0. The topological polar surface area (TPSA) is 63.4 Å². The Labute approximate surface area is 143 Å². The zero-order valence-electron chi connectivity index (χ0n) is 11.4. The summed E-state index contributed by atoms with van der Waals surface area (Å²) in [4.78, 5) is 0.0603. The molecule has 1 aliphatic rings. The Morgan fingerprint density at radius 1 is 1.18 bits per heavy atom. The molecular weight excluding hydrogens is 363 g/mol. The highest BCUT2D eigenvalue weighted by molar-refractivity contribution is 7.89. The van der Waals surface area contributed by atoms with Gasteiger partial charge in [-0.2, -0.15) is 4.31 Å². The molecule has 2 N–H and O–H groups in total. The first-order chi connectivity index (χ1) is 10.4. The SMILES string of the molecule is N[C@@H]1CN(S(=O)(=O)c2cc(Cl)sc2Cl)C[C@H]1c1ccccc1. The molecule has 0 amide bonds. The van der Waals surface area contributed by atoms with E-state index in [-0.39, 0.29) is 27.7 Å². The molecule has 1 saturated heterocycles. The number of hydrogen-bond donors (Lipinski definition) is 1. The zero-order valence-corrected chi connectivity index (χ0v) is 14.6. The van der Waals surface area contributed by atoms with Crippen LogP contribution in [0.3, 0.4) is 0 Å². The largest absolute Gasteiger partial charge is 0.326 e. The molecule has 2 atom stereocenters. The summed E-state index contributed by atoms with van der Waals surface area (Å²) in [5, 5.41) is 0. The van der Waals surface area contributed by atoms with Crippen LogP contribution in [0, 0.1) is 0 Å². The van der Waals surface area contributed by atoms with E-state index in [0.717, 1.165) is 16.9 Å². The van der Waals surface area contributed by atoms with E-state index in [0.29, 0.717) is 10.9 Å². The van der Waals surface area contributed by atoms with Gasteiger partial charge in [-0.15, -0.1) is 11.3 Å². The maximum absolute atomic E-state index is 12.7. The van der Waals surface area contributed by atoms with Crippen molar-refractivity contribution in [3.8, 4) is 0 Å². The van der Waals surface area contributed by atoms with Crippen LogP contribution in [-0.4, -0.2) is 31.9 Å². The van der Waals surface area contributed by atoms with Crippen LogP contribution < -0.4 is 5.73 Å². The summed E-state index contributed by atoms with van der Waals surface area (Å²) < 4.78 is 27.4. The molecule has 22 heavy (non-hydrogen) atoms. The van der Waals surface area contributed by atoms with Gasteiger partial charge < -0.3 is 5.73 Å². The molecule has 0 unspecified atom stereocenters. The van der Waals surface area contributed by atoms with E-state index in [1.54, 1.807) is 0 Å². The average Bonchev–Trinajstić information content (AvgIpc) is 3.03. The Bertz CT molecular complexity index is 777. The Morgan fingerprint density at radius 3 is 2.45 bits per heavy atom. The van der Waals surface area contributed by atoms with Gasteiger partial charge in [0.1, 0.15) is 9.23 Å². The van der Waals surface area contributed by atoms with Gasteiger partial charge in [-0.1, -0.05) is 53.5 Å². The molecule has 1 aromatic carbocycles. The van der Waals surface area contributed by atoms with Gasteiger partial charge in [0.25, 0.3) is 0 Å². The van der Waals surface area contributed by atoms with Gasteiger partial charge in [0.15, 0.2) is 0 Å². The van der Waals surface area contributed by atoms with Gasteiger partial charge in [-0.05, 0) is 11.6 Å². The van der Waals surface area contributed by atoms with Crippen molar-refractivity contribution >= 4 is 44.6 Å². The standard InChI is InChI=1S/C14H14Cl2N2O2S2/c15-13-6-12(14(16)21-13)22(19,20)18-7-10(11(17)8-18)9-4-2-1-3-5-9/h1-6,10-11H,7-8,17H2/t10-,11+/m0/s1. The second-order valence-corrected chi connectivity index (χ2v) is 9.38. The van der Waals surface area contributed by atoms with Crippen molar-refractivity contribution in [2.24, 2.45) is 5.73 Å². The van der Waals surface area contributed by atoms with E-state index in [4.69, 9.17) is 28.9 Å². The van der Waals surface area contributed by atoms with Crippen LogP contribution >= 0.6 is 34.5 Å². The summed E-state index contributed by atoms with van der Waals surface area (Å²) in [6.45, 7) is 0.614. The normalized spacial score (nSPS) is 23.0. The van der Waals surface area contributed by atoms with Crippen LogP contribution in [0.1, 0.15) is 11.5 Å². The number of benzene rings is 1. The second kappa shape index (κ2) is 6.11. The molecule has 0 saturated carbocycles. The lowest BCUT2D eigenvalue weighted by molar-refractivity contribution is 0.470. The third kappa shape index (κ3) is 2.91. The molecule has 8 heteroatoms. The zero-order chi connectivity index (χ0) is 15.9. The second-order valence-electron chi connectivity index (χ2n) is 5.19. The van der Waals surface area contributed by atoms with Crippen molar-refractivity contribution in [1.29, 1.82) is 0 Å². The molecule has 0 aliphatic carbocycles. The average molecular weight is 377 g/mol. The maximum Gasteiger partial charge on any atom is 0.245 e. The highest BCUT2D eigenvalue weighted by atomic mass is 35.5. The first kappa shape index (κ1) is 16.2. The number of rotatable bonds is 3. The van der Waals surface area contributed by atoms with Gasteiger partial charge in [-0.3, -0.25) is 0 Å². The Kier molecular flexibility index (Phi) is 4.51. The smallest absolute Gasteiger partial charge is 0.245 e. The minimum absolute atomic E-state index is 0.0242. The minimum atomic E-state index is -3.68. The first-order valence-corrected chi connectivity index (χ1v) is 9.66. The molecule has 3 rings (SSSR count). The van der Waals surface area contributed by atoms with E-state index in [2.05, 4.69) is 0 Å². The van der Waals surface area contributed by atoms with Crippen LogP contribution in [0.15, 0.2) is 41.3 Å². The maximum atomic E-state index is 12.7. The lowest BCUT2D eigenvalue weighted by atomic mass is 9.95. The fraction of sp³-hybridized carbons (Fsp3) is 0.286. The van der Waals surface area contributed by atoms with Crippen LogP contribution in [0.2, 0.25) is 8.67 Å². The van der Waals surface area contributed by atoms with E-state index in [9.17, 15) is 8.42 Å². The summed E-state index contributed by atoms with van der Waals surface area (Å²) in [7, 11) is -3.68. The predicted octanol–water partition coefficient (Wildman–Crippen LogP) is 3.17. The number of thiophene rings is 1. The molecule has 1 aliphatic heterocycles. The third-order valence-electron chi connectivity index (χ3n) is 3.80. The van der Waals surface area contributed by atoms with Crippen molar-refractivity contribution in [2.75, 3.05) is 13.1 Å². The van der Waals surface area contributed by atoms with Gasteiger partial charge in [0.2, 0.25) is 10.0 Å². The van der Waals surface area contributed by atoms with E-state index in [1.807, 2.05) is 30.3 Å². The van der Waals surface area contributed by atoms with Crippen LogP contribution in [0.25, 0.3) is 0 Å². The first-order valence-electron chi connectivity index (χ1n) is 6.65. The van der Waals surface area contributed by atoms with Gasteiger partial charge in [-0.25, -0.2) is 8.42 Å². The van der Waals surface area contributed by atoms with Crippen molar-refractivity contribution < 1.29 is 8.42 Å². The summed E-state index contributed by atoms with van der Waals surface area (Å²) in [6, 6.07) is 10.9. The van der Waals surface area contributed by atoms with Gasteiger partial charge in [0.05, 0.1) is 4.34 Å². The molecule has 1 fully saturated rings. The van der Waals surface area contributed by atoms with Crippen molar-refractivity contribution in [3.05, 3.63) is 50.6 Å². The van der Waals surface area contributed by atoms with E-state index in [1.165, 1.54) is 10.4 Å². The summed E-state index contributed by atoms with van der Waals surface area (Å²) in [5.41, 5.74) is 7.20. The molecule has 2 heterocycles. The molecular formula is C14H14Cl2N2O2S2. The number of nitrogens with two attached hydrogens (primary N) is 1. The lowest BCUT2D eigenvalue weighted by Crippen LogP contribution is -2.32. The highest BCUT2D eigenvalue weighted by Gasteiger charge is 2.39. The molecule has 4 nitrogen and oxygen atoms in total. The quantitative estimate of drug-likeness (QED) is 0.894. The molecule has 1 aromatic heterocycles. The number of nitrogens with zero attached hydrogens (tertiary/aromatic N) is 1. The van der Waals surface area contributed by atoms with Gasteiger partial charge >= 0.3 is 0 Å². The number of sulfonamides is 1. The molecule has 0 radical (unpaired) electrons. The van der Waals surface area contributed by atoms with Crippen molar-refractivity contribution in [2.45, 2.75) is 16.9 Å². The molecule has 0 spiro atoms. The number of hydrogen-bond acceptors (Lipinski definition) is 4. The van der Waals surface area contributed by atoms with E-state index >= 15 is 0 Å². The van der Waals surface area contributed by atoms with Crippen LogP contribution in [0.5, 0.6) is 0 Å². The number of halogens is 2. The lowest BCUT2D eigenvalue weighted by Gasteiger charge is -2.16. The Morgan fingerprint density at radius 2 is 1.86 bits per heavy atom. The third-order valence-corrected chi connectivity index (χ3v) is 7.39. The summed E-state index contributed by atoms with van der Waals surface area (Å²) >= 11 is 12.9. The highest BCUT2D eigenvalue weighted by Crippen LogP contribution is 2.38. The van der Waals surface area contributed by atoms with Crippen LogP contribution in [0.4, 0.5) is 0 Å². The van der Waals surface area contributed by atoms with E-state index < -0.39 is 10.0 Å². The monoisotopic (exact) mass is 376 g/mol.